The number of nitrogens with one attached hydrogen (secondary N) is 2. The van der Waals surface area contributed by atoms with Gasteiger partial charge in [-0.3, -0.25) is 0 Å². The van der Waals surface area contributed by atoms with Gasteiger partial charge in [0.05, 0.1) is 4.90 Å². The Morgan fingerprint density at radius 3 is 2.50 bits per heavy atom. The van der Waals surface area contributed by atoms with Crippen molar-refractivity contribution < 1.29 is 8.42 Å². The summed E-state index contributed by atoms with van der Waals surface area (Å²) in [5.41, 5.74) is 3.39. The van der Waals surface area contributed by atoms with Crippen molar-refractivity contribution in [3.63, 3.8) is 0 Å². The molecule has 5 heteroatoms. The summed E-state index contributed by atoms with van der Waals surface area (Å²) >= 11 is 0. The molecule has 4 nitrogen and oxygen atoms in total. The highest BCUT2D eigenvalue weighted by Gasteiger charge is 2.13. The van der Waals surface area contributed by atoms with Crippen molar-refractivity contribution in [1.29, 1.82) is 0 Å². The van der Waals surface area contributed by atoms with E-state index in [2.05, 4.69) is 35.2 Å². The van der Waals surface area contributed by atoms with Crippen LogP contribution in [0.25, 0.3) is 0 Å². The molecule has 1 unspecified atom stereocenters. The van der Waals surface area contributed by atoms with Gasteiger partial charge in [0.25, 0.3) is 0 Å². The first-order valence-electron chi connectivity index (χ1n) is 7.25. The van der Waals surface area contributed by atoms with Gasteiger partial charge in [-0.1, -0.05) is 42.0 Å². The SMILES string of the molecule is CNS(=O)(=O)c1cccc(C(C)NCc2cccc(C)c2)c1. The Bertz CT molecular complexity index is 742. The van der Waals surface area contributed by atoms with Gasteiger partial charge >= 0.3 is 0 Å². The molecular weight excluding hydrogens is 296 g/mol. The predicted octanol–water partition coefficient (Wildman–Crippen LogP) is 2.75. The van der Waals surface area contributed by atoms with Gasteiger partial charge < -0.3 is 5.32 Å². The standard InChI is InChI=1S/C17H22N2O2S/c1-13-6-4-7-15(10-13)12-19-14(2)16-8-5-9-17(11-16)22(20,21)18-3/h4-11,14,18-19H,12H2,1-3H3. The maximum absolute atomic E-state index is 11.9. The zero-order valence-corrected chi connectivity index (χ0v) is 13.9. The molecule has 2 N–H and O–H groups in total. The molecule has 2 rings (SSSR count). The number of rotatable bonds is 6. The summed E-state index contributed by atoms with van der Waals surface area (Å²) in [7, 11) is -1.99. The van der Waals surface area contributed by atoms with E-state index >= 15 is 0 Å². The Labute approximate surface area is 132 Å². The molecule has 0 heterocycles. The molecule has 0 saturated carbocycles. The number of aryl methyl sites for hydroxylation is 1. The van der Waals surface area contributed by atoms with Crippen LogP contribution in [0.1, 0.15) is 29.7 Å². The molecule has 0 aliphatic carbocycles. The molecule has 22 heavy (non-hydrogen) atoms. The zero-order chi connectivity index (χ0) is 16.2. The van der Waals surface area contributed by atoms with Crippen LogP contribution in [0, 0.1) is 6.92 Å². The molecule has 0 aromatic heterocycles. The lowest BCUT2D eigenvalue weighted by molar-refractivity contribution is 0.571. The lowest BCUT2D eigenvalue weighted by Crippen LogP contribution is -2.21. The van der Waals surface area contributed by atoms with Gasteiger partial charge in [0.1, 0.15) is 0 Å². The predicted molar refractivity (Wildman–Crippen MR) is 89.1 cm³/mol. The highest BCUT2D eigenvalue weighted by molar-refractivity contribution is 7.89. The van der Waals surface area contributed by atoms with Crippen molar-refractivity contribution in [3.8, 4) is 0 Å². The van der Waals surface area contributed by atoms with Gasteiger partial charge in [-0.25, -0.2) is 13.1 Å². The van der Waals surface area contributed by atoms with E-state index in [-0.39, 0.29) is 10.9 Å². The second kappa shape index (κ2) is 7.05. The summed E-state index contributed by atoms with van der Waals surface area (Å²) in [6.07, 6.45) is 0. The zero-order valence-electron chi connectivity index (χ0n) is 13.1. The van der Waals surface area contributed by atoms with E-state index in [0.717, 1.165) is 12.1 Å². The third-order valence-electron chi connectivity index (χ3n) is 3.63. The van der Waals surface area contributed by atoms with Crippen molar-refractivity contribution in [2.45, 2.75) is 31.3 Å². The van der Waals surface area contributed by atoms with E-state index in [1.807, 2.05) is 19.1 Å². The highest BCUT2D eigenvalue weighted by atomic mass is 32.2. The van der Waals surface area contributed by atoms with Crippen molar-refractivity contribution in [1.82, 2.24) is 10.0 Å². The maximum Gasteiger partial charge on any atom is 0.240 e. The van der Waals surface area contributed by atoms with Gasteiger partial charge in [0, 0.05) is 12.6 Å². The van der Waals surface area contributed by atoms with E-state index in [9.17, 15) is 8.42 Å². The average Bonchev–Trinajstić information content (AvgIpc) is 2.53. The molecule has 0 fully saturated rings. The molecule has 2 aromatic rings. The molecule has 0 aliphatic rings. The Morgan fingerprint density at radius 1 is 1.09 bits per heavy atom. The first-order valence-corrected chi connectivity index (χ1v) is 8.73. The fourth-order valence-electron chi connectivity index (χ4n) is 2.28. The lowest BCUT2D eigenvalue weighted by Gasteiger charge is -2.15. The Morgan fingerprint density at radius 2 is 1.82 bits per heavy atom. The van der Waals surface area contributed by atoms with Crippen molar-refractivity contribution in [2.75, 3.05) is 7.05 Å². The van der Waals surface area contributed by atoms with Crippen molar-refractivity contribution in [3.05, 3.63) is 65.2 Å². The maximum atomic E-state index is 11.9. The van der Waals surface area contributed by atoms with Gasteiger partial charge in [0.2, 0.25) is 10.0 Å². The molecule has 0 amide bonds. The van der Waals surface area contributed by atoms with Crippen LogP contribution in [0.15, 0.2) is 53.4 Å². The third kappa shape index (κ3) is 4.16. The van der Waals surface area contributed by atoms with E-state index in [0.29, 0.717) is 0 Å². The minimum atomic E-state index is -3.40. The van der Waals surface area contributed by atoms with Gasteiger partial charge in [-0.15, -0.1) is 0 Å². The normalized spacial score (nSPS) is 13.0. The van der Waals surface area contributed by atoms with Crippen LogP contribution in [0.4, 0.5) is 0 Å². The van der Waals surface area contributed by atoms with Crippen LogP contribution >= 0.6 is 0 Å². The van der Waals surface area contributed by atoms with Crippen LogP contribution in [0.2, 0.25) is 0 Å². The van der Waals surface area contributed by atoms with Gasteiger partial charge in [0.15, 0.2) is 0 Å². The van der Waals surface area contributed by atoms with Crippen molar-refractivity contribution in [2.24, 2.45) is 0 Å². The number of hydrogen-bond acceptors (Lipinski definition) is 3. The number of sulfonamides is 1. The van der Waals surface area contributed by atoms with Crippen molar-refractivity contribution >= 4 is 10.0 Å². The molecule has 0 radical (unpaired) electrons. The fourth-order valence-corrected chi connectivity index (χ4v) is 3.06. The first kappa shape index (κ1) is 16.7. The molecular formula is C17H22N2O2S. The topological polar surface area (TPSA) is 58.2 Å². The molecule has 2 aromatic carbocycles. The van der Waals surface area contributed by atoms with Gasteiger partial charge in [-0.2, -0.15) is 0 Å². The summed E-state index contributed by atoms with van der Waals surface area (Å²) in [6, 6.07) is 15.4. The summed E-state index contributed by atoms with van der Waals surface area (Å²) in [5.74, 6) is 0. The second-order valence-corrected chi connectivity index (χ2v) is 7.26. The highest BCUT2D eigenvalue weighted by Crippen LogP contribution is 2.18. The summed E-state index contributed by atoms with van der Waals surface area (Å²) in [5, 5.41) is 3.42. The Kier molecular flexibility index (Phi) is 5.34. The lowest BCUT2D eigenvalue weighted by atomic mass is 10.1. The molecule has 0 bridgehead atoms. The average molecular weight is 318 g/mol. The minimum Gasteiger partial charge on any atom is -0.306 e. The van der Waals surface area contributed by atoms with Crippen LogP contribution in [0.3, 0.4) is 0 Å². The fraction of sp³-hybridized carbons (Fsp3) is 0.294. The molecule has 0 aliphatic heterocycles. The van der Waals surface area contributed by atoms with Crippen LogP contribution in [-0.2, 0) is 16.6 Å². The van der Waals surface area contributed by atoms with Crippen LogP contribution in [0.5, 0.6) is 0 Å². The number of benzene rings is 2. The minimum absolute atomic E-state index is 0.0625. The monoisotopic (exact) mass is 318 g/mol. The summed E-state index contributed by atoms with van der Waals surface area (Å²) < 4.78 is 26.1. The smallest absolute Gasteiger partial charge is 0.240 e. The van der Waals surface area contributed by atoms with E-state index in [1.54, 1.807) is 18.2 Å². The Hall–Kier alpha value is -1.69. The van der Waals surface area contributed by atoms with E-state index in [4.69, 9.17) is 0 Å². The van der Waals surface area contributed by atoms with Gasteiger partial charge in [-0.05, 0) is 44.2 Å². The summed E-state index contributed by atoms with van der Waals surface area (Å²) in [6.45, 7) is 4.84. The molecule has 0 saturated heterocycles. The van der Waals surface area contributed by atoms with E-state index in [1.165, 1.54) is 18.2 Å². The number of hydrogen-bond donors (Lipinski definition) is 2. The molecule has 0 spiro atoms. The third-order valence-corrected chi connectivity index (χ3v) is 5.04. The molecule has 1 atom stereocenters. The van der Waals surface area contributed by atoms with E-state index < -0.39 is 10.0 Å². The van der Waals surface area contributed by atoms with Crippen LogP contribution in [-0.4, -0.2) is 15.5 Å². The second-order valence-electron chi connectivity index (χ2n) is 5.37. The Balaban J connectivity index is 2.10. The van der Waals surface area contributed by atoms with Crippen LogP contribution < -0.4 is 10.0 Å². The quantitative estimate of drug-likeness (QED) is 0.861. The summed E-state index contributed by atoms with van der Waals surface area (Å²) in [4.78, 5) is 0.289. The first-order chi connectivity index (χ1) is 10.4. The molecule has 118 valence electrons. The largest absolute Gasteiger partial charge is 0.306 e.